The van der Waals surface area contributed by atoms with Crippen molar-refractivity contribution < 1.29 is 23.9 Å². The number of aliphatic imine (C=N–C) groups is 2. The molecular formula is C43H39Cl2N11O5. The third-order valence-electron chi connectivity index (χ3n) is 10.2. The lowest BCUT2D eigenvalue weighted by Crippen LogP contribution is -2.40. The third-order valence-corrected chi connectivity index (χ3v) is 10.7. The quantitative estimate of drug-likeness (QED) is 0.133. The molecule has 2 aromatic heterocycles. The maximum Gasteiger partial charge on any atom is 0.239 e. The van der Waals surface area contributed by atoms with Gasteiger partial charge in [-0.2, -0.15) is 0 Å². The first-order valence-corrected chi connectivity index (χ1v) is 20.0. The number of carbonyl (C=O) groups is 3. The summed E-state index contributed by atoms with van der Waals surface area (Å²) in [4.78, 5) is 49.7. The Hall–Kier alpha value is -6.91. The Labute approximate surface area is 360 Å². The lowest BCUT2D eigenvalue weighted by Gasteiger charge is -2.14. The number of hydrogen-bond acceptors (Lipinski definition) is 11. The summed E-state index contributed by atoms with van der Waals surface area (Å²) in [5, 5.41) is 26.6. The van der Waals surface area contributed by atoms with E-state index >= 15 is 0 Å². The van der Waals surface area contributed by atoms with E-state index < -0.39 is 23.9 Å². The molecule has 0 unspecified atom stereocenters. The third kappa shape index (κ3) is 8.72. The summed E-state index contributed by atoms with van der Waals surface area (Å²) in [6, 6.07) is 24.4. The predicted molar refractivity (Wildman–Crippen MR) is 228 cm³/mol. The highest BCUT2D eigenvalue weighted by Crippen LogP contribution is 2.36. The highest BCUT2D eigenvalue weighted by atomic mass is 35.5. The molecule has 3 N–H and O–H groups in total. The molecule has 2 atom stereocenters. The largest absolute Gasteiger partial charge is 0.497 e. The Morgan fingerprint density at radius 1 is 0.639 bits per heavy atom. The van der Waals surface area contributed by atoms with Crippen LogP contribution in [0.2, 0.25) is 10.0 Å². The number of amides is 3. The molecule has 6 aromatic rings. The van der Waals surface area contributed by atoms with Crippen molar-refractivity contribution >= 4 is 52.3 Å². The van der Waals surface area contributed by atoms with Crippen LogP contribution in [0.3, 0.4) is 0 Å². The summed E-state index contributed by atoms with van der Waals surface area (Å²) in [6.45, 7) is 1.79. The fourth-order valence-electron chi connectivity index (χ4n) is 7.27. The zero-order chi connectivity index (χ0) is 42.6. The fourth-order valence-corrected chi connectivity index (χ4v) is 7.52. The number of aromatic nitrogens is 6. The Balaban J connectivity index is 0.892. The molecule has 4 aromatic carbocycles. The number of methoxy groups -OCH3 is 2. The molecule has 4 heterocycles. The summed E-state index contributed by atoms with van der Waals surface area (Å²) in [6.07, 6.45) is 1.43. The smallest absolute Gasteiger partial charge is 0.239 e. The monoisotopic (exact) mass is 859 g/mol. The first kappa shape index (κ1) is 40.9. The van der Waals surface area contributed by atoms with Crippen molar-refractivity contribution in [3.05, 3.63) is 141 Å². The summed E-state index contributed by atoms with van der Waals surface area (Å²) >= 11 is 12.4. The number of aryl methyl sites for hydroxylation is 1. The summed E-state index contributed by atoms with van der Waals surface area (Å²) < 4.78 is 14.7. The summed E-state index contributed by atoms with van der Waals surface area (Å²) in [5.74, 6) is 1.68. The van der Waals surface area contributed by atoms with Gasteiger partial charge in [0.05, 0.1) is 56.4 Å². The number of rotatable bonds is 13. The zero-order valence-corrected chi connectivity index (χ0v) is 34.7. The minimum absolute atomic E-state index is 0.0415. The van der Waals surface area contributed by atoms with Crippen LogP contribution < -0.4 is 25.4 Å². The Morgan fingerprint density at radius 2 is 1.21 bits per heavy atom. The van der Waals surface area contributed by atoms with Gasteiger partial charge in [-0.15, -0.1) is 20.4 Å². The van der Waals surface area contributed by atoms with Gasteiger partial charge in [-0.05, 0) is 61.5 Å². The highest BCUT2D eigenvalue weighted by molar-refractivity contribution is 6.31. The van der Waals surface area contributed by atoms with E-state index in [0.717, 1.165) is 33.6 Å². The molecule has 0 fully saturated rings. The van der Waals surface area contributed by atoms with E-state index in [9.17, 15) is 14.4 Å². The van der Waals surface area contributed by atoms with Crippen LogP contribution in [0.1, 0.15) is 64.7 Å². The second-order valence-electron chi connectivity index (χ2n) is 14.2. The van der Waals surface area contributed by atoms with E-state index in [4.69, 9.17) is 42.7 Å². The molecule has 0 aliphatic carbocycles. The number of halogens is 2. The molecule has 2 aliphatic rings. The minimum Gasteiger partial charge on any atom is -0.497 e. The van der Waals surface area contributed by atoms with Gasteiger partial charge in [-0.1, -0.05) is 47.5 Å². The van der Waals surface area contributed by atoms with Gasteiger partial charge in [0, 0.05) is 51.5 Å². The summed E-state index contributed by atoms with van der Waals surface area (Å²) in [7, 11) is 3.18. The molecule has 0 radical (unpaired) electrons. The van der Waals surface area contributed by atoms with Crippen molar-refractivity contribution in [2.75, 3.05) is 33.9 Å². The number of nitrogens with one attached hydrogen (secondary N) is 3. The van der Waals surface area contributed by atoms with Crippen LogP contribution in [-0.4, -0.2) is 92.5 Å². The van der Waals surface area contributed by atoms with E-state index in [-0.39, 0.29) is 38.4 Å². The Morgan fingerprint density at radius 3 is 1.87 bits per heavy atom. The van der Waals surface area contributed by atoms with Crippen LogP contribution in [0.4, 0.5) is 0 Å². The molecule has 0 spiro atoms. The average Bonchev–Trinajstić information content (AvgIpc) is 3.86. The predicted octanol–water partition coefficient (Wildman–Crippen LogP) is 5.09. The first-order valence-electron chi connectivity index (χ1n) is 19.3. The van der Waals surface area contributed by atoms with Gasteiger partial charge >= 0.3 is 0 Å². The van der Waals surface area contributed by atoms with Crippen LogP contribution in [0, 0.1) is 6.92 Å². The lowest BCUT2D eigenvalue weighted by atomic mass is 10.00. The molecule has 8 rings (SSSR count). The maximum absolute atomic E-state index is 13.4. The average molecular weight is 861 g/mol. The summed E-state index contributed by atoms with van der Waals surface area (Å²) in [5.41, 5.74) is 5.96. The lowest BCUT2D eigenvalue weighted by molar-refractivity contribution is -0.126. The number of nitrogens with zero attached hydrogens (tertiary/aromatic N) is 8. The van der Waals surface area contributed by atoms with Crippen molar-refractivity contribution in [1.29, 1.82) is 0 Å². The number of benzene rings is 4. The zero-order valence-electron chi connectivity index (χ0n) is 33.2. The van der Waals surface area contributed by atoms with E-state index in [2.05, 4.69) is 36.3 Å². The normalized spacial score (nSPS) is 15.0. The van der Waals surface area contributed by atoms with Crippen molar-refractivity contribution in [2.24, 2.45) is 9.98 Å². The molecule has 0 bridgehead atoms. The van der Waals surface area contributed by atoms with Gasteiger partial charge in [-0.3, -0.25) is 33.5 Å². The van der Waals surface area contributed by atoms with Crippen LogP contribution >= 0.6 is 23.2 Å². The van der Waals surface area contributed by atoms with Gasteiger partial charge in [0.15, 0.2) is 11.6 Å². The van der Waals surface area contributed by atoms with Crippen LogP contribution in [0.25, 0.3) is 11.4 Å². The van der Waals surface area contributed by atoms with Crippen molar-refractivity contribution in [1.82, 2.24) is 45.5 Å². The molecule has 16 nitrogen and oxygen atoms in total. The fraction of sp³-hybridized carbons (Fsp3) is 0.233. The molecule has 0 saturated heterocycles. The van der Waals surface area contributed by atoms with E-state index in [0.29, 0.717) is 50.4 Å². The second kappa shape index (κ2) is 17.7. The van der Waals surface area contributed by atoms with Crippen LogP contribution in [-0.2, 0) is 14.4 Å². The standard InChI is InChI=1S/C43H39Cl2N11O5/c1-24-52-54-43-34(51-41(26-6-10-28(45)11-7-26)32-18-29(60-2)13-15-35(32)56(24)43)21-38(58)48-22-39(59)47-17-16-46-37(57)20-33-42-53-49-23-55(42)36-19-30(61-3)12-14-31(36)40(50-33)25-4-8-27(44)9-5-25/h4-15,18-19,23,33-34H,16-17,20-22H2,1-3H3,(H,46,57)(H,47,59)(H,48,58)/t33-,34+/m1/s1. The topological polar surface area (TPSA) is 192 Å². The second-order valence-corrected chi connectivity index (χ2v) is 15.0. The number of hydrogen-bond donors (Lipinski definition) is 3. The van der Waals surface area contributed by atoms with E-state index in [1.165, 1.54) is 0 Å². The van der Waals surface area contributed by atoms with Gasteiger partial charge < -0.3 is 25.4 Å². The van der Waals surface area contributed by atoms with Crippen LogP contribution in [0.15, 0.2) is 101 Å². The number of ether oxygens (including phenoxy) is 2. The van der Waals surface area contributed by atoms with Gasteiger partial charge in [-0.25, -0.2) is 0 Å². The maximum atomic E-state index is 13.4. The van der Waals surface area contributed by atoms with E-state index in [1.54, 1.807) is 49.4 Å². The van der Waals surface area contributed by atoms with E-state index in [1.807, 2.05) is 72.2 Å². The Bertz CT molecular complexity index is 2690. The highest BCUT2D eigenvalue weighted by Gasteiger charge is 2.31. The molecule has 3 amide bonds. The van der Waals surface area contributed by atoms with Crippen molar-refractivity contribution in [3.63, 3.8) is 0 Å². The minimum atomic E-state index is -0.741. The Kier molecular flexibility index (Phi) is 11.9. The van der Waals surface area contributed by atoms with Crippen molar-refractivity contribution in [3.8, 4) is 22.9 Å². The SMILES string of the molecule is COc1ccc2c(c1)C(c1ccc(Cl)cc1)=N[C@@H](CC(=O)NCC(=O)NCCNC(=O)C[C@H]1N=C(c3ccc(Cl)cc3)c3ccc(OC)cc3-n3cnnc31)c1nnc(C)n1-2. The number of carbonyl (C=O) groups excluding carboxylic acids is 3. The molecule has 18 heteroatoms. The van der Waals surface area contributed by atoms with Gasteiger partial charge in [0.2, 0.25) is 17.7 Å². The van der Waals surface area contributed by atoms with Gasteiger partial charge in [0.1, 0.15) is 35.7 Å². The van der Waals surface area contributed by atoms with Gasteiger partial charge in [0.25, 0.3) is 0 Å². The first-order chi connectivity index (χ1) is 29.6. The molecule has 61 heavy (non-hydrogen) atoms. The molecular weight excluding hydrogens is 821 g/mol. The number of fused-ring (bicyclic) bond motifs is 6. The van der Waals surface area contributed by atoms with Crippen LogP contribution in [0.5, 0.6) is 11.5 Å². The molecule has 310 valence electrons. The van der Waals surface area contributed by atoms with Crippen molar-refractivity contribution in [2.45, 2.75) is 31.8 Å². The molecule has 2 aliphatic heterocycles. The molecule has 0 saturated carbocycles.